The van der Waals surface area contributed by atoms with E-state index in [1.807, 2.05) is 0 Å². The zero-order chi connectivity index (χ0) is 15.2. The van der Waals surface area contributed by atoms with Crippen LogP contribution in [0.2, 0.25) is 5.02 Å². The molecule has 0 heterocycles. The summed E-state index contributed by atoms with van der Waals surface area (Å²) in [7, 11) is 0. The summed E-state index contributed by atoms with van der Waals surface area (Å²) in [4.78, 5) is 24.7. The van der Waals surface area contributed by atoms with Gasteiger partial charge < -0.3 is 4.74 Å². The fourth-order valence-electron chi connectivity index (χ4n) is 1.71. The van der Waals surface area contributed by atoms with Gasteiger partial charge in [-0.05, 0) is 43.0 Å². The topological polar surface area (TPSA) is 43.4 Å². The Bertz CT molecular complexity index is 670. The van der Waals surface area contributed by atoms with E-state index in [4.69, 9.17) is 16.3 Å². The normalized spacial score (nSPS) is 10.2. The van der Waals surface area contributed by atoms with Crippen LogP contribution >= 0.6 is 23.4 Å². The summed E-state index contributed by atoms with van der Waals surface area (Å²) in [6, 6.07) is 13.6. The summed E-state index contributed by atoms with van der Waals surface area (Å²) < 4.78 is 4.99. The van der Waals surface area contributed by atoms with E-state index >= 15 is 0 Å². The summed E-state index contributed by atoms with van der Waals surface area (Å²) in [5, 5.41) is 0.328. The summed E-state index contributed by atoms with van der Waals surface area (Å²) in [6.07, 6.45) is 0. The zero-order valence-electron chi connectivity index (χ0n) is 11.3. The number of hydrogen-bond donors (Lipinski definition) is 0. The third-order valence-electron chi connectivity index (χ3n) is 2.65. The van der Waals surface area contributed by atoms with Crippen molar-refractivity contribution in [1.29, 1.82) is 0 Å². The summed E-state index contributed by atoms with van der Waals surface area (Å²) in [6.45, 7) is 2.03. The Kier molecular flexibility index (Phi) is 5.42. The average molecular weight is 321 g/mol. The van der Waals surface area contributed by atoms with Crippen molar-refractivity contribution in [2.75, 3.05) is 6.61 Å². The van der Waals surface area contributed by atoms with E-state index in [9.17, 15) is 9.59 Å². The second-order valence-corrected chi connectivity index (χ2v) is 5.57. The van der Waals surface area contributed by atoms with Gasteiger partial charge >= 0.3 is 5.97 Å². The van der Waals surface area contributed by atoms with Gasteiger partial charge in [0, 0.05) is 15.5 Å². The second-order valence-electron chi connectivity index (χ2n) is 4.12. The first-order valence-electron chi connectivity index (χ1n) is 6.35. The minimum atomic E-state index is -0.431. The molecule has 0 aliphatic carbocycles. The molecule has 0 aliphatic heterocycles. The molecule has 0 bridgehead atoms. The van der Waals surface area contributed by atoms with E-state index in [1.165, 1.54) is 0 Å². The lowest BCUT2D eigenvalue weighted by molar-refractivity contribution is 0.0522. The minimum Gasteiger partial charge on any atom is -0.462 e. The third-order valence-corrected chi connectivity index (χ3v) is 3.88. The third kappa shape index (κ3) is 4.09. The van der Waals surface area contributed by atoms with Gasteiger partial charge in [0.15, 0.2) is 0 Å². The Morgan fingerprint density at radius 1 is 1.14 bits per heavy atom. The standard InChI is InChI=1S/C16H13ClO3S/c1-2-20-15(18)13-8-3-4-9-14(13)21-16(19)11-6-5-7-12(17)10-11/h3-10H,2H2,1H3. The second kappa shape index (κ2) is 7.29. The molecule has 0 radical (unpaired) electrons. The van der Waals surface area contributed by atoms with E-state index in [0.717, 1.165) is 11.8 Å². The average Bonchev–Trinajstić information content (AvgIpc) is 2.48. The molecule has 0 saturated heterocycles. The number of carbonyl (C=O) groups excluding carboxylic acids is 2. The van der Waals surface area contributed by atoms with E-state index in [0.29, 0.717) is 27.7 Å². The molecule has 0 unspecified atom stereocenters. The summed E-state index contributed by atoms with van der Waals surface area (Å²) in [5.41, 5.74) is 0.880. The van der Waals surface area contributed by atoms with Crippen LogP contribution in [0.25, 0.3) is 0 Å². The number of rotatable bonds is 4. The lowest BCUT2D eigenvalue weighted by Gasteiger charge is -2.07. The van der Waals surface area contributed by atoms with Crippen molar-refractivity contribution in [2.45, 2.75) is 11.8 Å². The molecule has 0 aromatic heterocycles. The molecule has 2 rings (SSSR count). The fraction of sp³-hybridized carbons (Fsp3) is 0.125. The Hall–Kier alpha value is -1.78. The molecule has 108 valence electrons. The van der Waals surface area contributed by atoms with Crippen LogP contribution in [-0.2, 0) is 4.74 Å². The number of thioether (sulfide) groups is 1. The van der Waals surface area contributed by atoms with Crippen molar-refractivity contribution >= 4 is 34.4 Å². The first kappa shape index (κ1) is 15.6. The fourth-order valence-corrected chi connectivity index (χ4v) is 2.75. The van der Waals surface area contributed by atoms with Crippen LogP contribution in [0.3, 0.4) is 0 Å². The predicted molar refractivity (Wildman–Crippen MR) is 84.0 cm³/mol. The molecule has 0 atom stereocenters. The minimum absolute atomic E-state index is 0.172. The molecule has 2 aromatic carbocycles. The van der Waals surface area contributed by atoms with Gasteiger partial charge in [-0.15, -0.1) is 0 Å². The van der Waals surface area contributed by atoms with Crippen molar-refractivity contribution in [3.05, 3.63) is 64.7 Å². The quantitative estimate of drug-likeness (QED) is 0.616. The van der Waals surface area contributed by atoms with E-state index < -0.39 is 5.97 Å². The monoisotopic (exact) mass is 320 g/mol. The zero-order valence-corrected chi connectivity index (χ0v) is 12.9. The number of benzene rings is 2. The lowest BCUT2D eigenvalue weighted by Crippen LogP contribution is -2.06. The number of esters is 1. The van der Waals surface area contributed by atoms with Crippen molar-refractivity contribution in [3.8, 4) is 0 Å². The Morgan fingerprint density at radius 3 is 2.62 bits per heavy atom. The van der Waals surface area contributed by atoms with Crippen LogP contribution in [0.1, 0.15) is 27.6 Å². The molecule has 0 N–H and O–H groups in total. The van der Waals surface area contributed by atoms with E-state index in [2.05, 4.69) is 0 Å². The largest absolute Gasteiger partial charge is 0.462 e. The molecule has 2 aromatic rings. The van der Waals surface area contributed by atoms with Crippen molar-refractivity contribution in [3.63, 3.8) is 0 Å². The molecular weight excluding hydrogens is 308 g/mol. The van der Waals surface area contributed by atoms with Gasteiger partial charge in [-0.3, -0.25) is 4.79 Å². The summed E-state index contributed by atoms with van der Waals surface area (Å²) >= 11 is 6.87. The highest BCUT2D eigenvalue weighted by Gasteiger charge is 2.16. The van der Waals surface area contributed by atoms with Crippen LogP contribution in [0.5, 0.6) is 0 Å². The number of halogens is 1. The van der Waals surface area contributed by atoms with Crippen LogP contribution in [0.15, 0.2) is 53.4 Å². The van der Waals surface area contributed by atoms with Gasteiger partial charge in [-0.2, -0.15) is 0 Å². The first-order valence-corrected chi connectivity index (χ1v) is 7.55. The van der Waals surface area contributed by atoms with Gasteiger partial charge in [0.25, 0.3) is 0 Å². The number of carbonyl (C=O) groups is 2. The lowest BCUT2D eigenvalue weighted by atomic mass is 10.2. The molecular formula is C16H13ClO3S. The Balaban J connectivity index is 2.23. The van der Waals surface area contributed by atoms with Gasteiger partial charge in [-0.1, -0.05) is 35.9 Å². The highest BCUT2D eigenvalue weighted by molar-refractivity contribution is 8.14. The molecule has 0 aliphatic rings. The molecule has 0 fully saturated rings. The predicted octanol–water partition coefficient (Wildman–Crippen LogP) is 4.45. The van der Waals surface area contributed by atoms with Crippen molar-refractivity contribution in [2.24, 2.45) is 0 Å². The van der Waals surface area contributed by atoms with E-state index in [1.54, 1.807) is 55.5 Å². The van der Waals surface area contributed by atoms with Crippen LogP contribution in [-0.4, -0.2) is 17.7 Å². The highest BCUT2D eigenvalue weighted by Crippen LogP contribution is 2.27. The number of hydrogen-bond acceptors (Lipinski definition) is 4. The molecule has 0 saturated carbocycles. The molecule has 0 amide bonds. The maximum Gasteiger partial charge on any atom is 0.339 e. The Morgan fingerprint density at radius 2 is 1.90 bits per heavy atom. The van der Waals surface area contributed by atoms with Crippen molar-refractivity contribution < 1.29 is 14.3 Å². The molecule has 3 nitrogen and oxygen atoms in total. The SMILES string of the molecule is CCOC(=O)c1ccccc1SC(=O)c1cccc(Cl)c1. The van der Waals surface area contributed by atoms with Gasteiger partial charge in [0.2, 0.25) is 5.12 Å². The highest BCUT2D eigenvalue weighted by atomic mass is 35.5. The molecule has 0 spiro atoms. The number of ether oxygens (including phenoxy) is 1. The van der Waals surface area contributed by atoms with Crippen LogP contribution in [0.4, 0.5) is 0 Å². The maximum atomic E-state index is 12.3. The van der Waals surface area contributed by atoms with Crippen LogP contribution in [0, 0.1) is 0 Å². The van der Waals surface area contributed by atoms with Crippen molar-refractivity contribution in [1.82, 2.24) is 0 Å². The van der Waals surface area contributed by atoms with Crippen LogP contribution < -0.4 is 0 Å². The Labute approximate surface area is 132 Å². The van der Waals surface area contributed by atoms with Gasteiger partial charge in [0.05, 0.1) is 12.2 Å². The molecule has 5 heteroatoms. The smallest absolute Gasteiger partial charge is 0.339 e. The first-order chi connectivity index (χ1) is 10.1. The maximum absolute atomic E-state index is 12.3. The van der Waals surface area contributed by atoms with Gasteiger partial charge in [0.1, 0.15) is 0 Å². The van der Waals surface area contributed by atoms with E-state index in [-0.39, 0.29) is 5.12 Å². The summed E-state index contributed by atoms with van der Waals surface area (Å²) in [5.74, 6) is -0.431. The molecule has 21 heavy (non-hydrogen) atoms. The van der Waals surface area contributed by atoms with Gasteiger partial charge in [-0.25, -0.2) is 4.79 Å².